The largest absolute Gasteiger partial charge is 0.505 e. The zero-order valence-electron chi connectivity index (χ0n) is 11.4. The highest BCUT2D eigenvalue weighted by Gasteiger charge is 2.17. The lowest BCUT2D eigenvalue weighted by atomic mass is 10.2. The highest BCUT2D eigenvalue weighted by molar-refractivity contribution is 6.37. The molecule has 0 radical (unpaired) electrons. The van der Waals surface area contributed by atoms with Crippen LogP contribution in [0.4, 0.5) is 0 Å². The van der Waals surface area contributed by atoms with Gasteiger partial charge in [-0.05, 0) is 24.3 Å². The van der Waals surface area contributed by atoms with Crippen LogP contribution in [0.15, 0.2) is 24.3 Å². The predicted molar refractivity (Wildman–Crippen MR) is 90.2 cm³/mol. The fraction of sp³-hybridized carbons (Fsp3) is 0. The van der Waals surface area contributed by atoms with Crippen LogP contribution in [0.5, 0.6) is 11.5 Å². The smallest absolute Gasteiger partial charge is 0.341 e. The fourth-order valence-electron chi connectivity index (χ4n) is 1.49. The van der Waals surface area contributed by atoms with E-state index in [-0.39, 0.29) is 31.2 Å². The number of aromatic carboxylic acids is 2. The summed E-state index contributed by atoms with van der Waals surface area (Å²) in [6.07, 6.45) is 0. The molecule has 10 heteroatoms. The van der Waals surface area contributed by atoms with Crippen molar-refractivity contribution in [2.24, 2.45) is 0 Å². The summed E-state index contributed by atoms with van der Waals surface area (Å²) >= 11 is 21.9. The molecule has 0 saturated carbocycles. The lowest BCUT2D eigenvalue weighted by Crippen LogP contribution is -1.97. The molecule has 2 aromatic rings. The van der Waals surface area contributed by atoms with Crippen LogP contribution in [0.3, 0.4) is 0 Å². The van der Waals surface area contributed by atoms with Crippen molar-refractivity contribution in [3.8, 4) is 11.5 Å². The second kappa shape index (κ2) is 8.30. The van der Waals surface area contributed by atoms with Crippen LogP contribution in [-0.4, -0.2) is 32.4 Å². The Labute approximate surface area is 155 Å². The monoisotopic (exact) mass is 412 g/mol. The van der Waals surface area contributed by atoms with Gasteiger partial charge >= 0.3 is 11.9 Å². The van der Waals surface area contributed by atoms with Crippen LogP contribution >= 0.6 is 46.4 Å². The molecule has 4 N–H and O–H groups in total. The third kappa shape index (κ3) is 4.58. The minimum Gasteiger partial charge on any atom is -0.505 e. The highest BCUT2D eigenvalue weighted by atomic mass is 35.5. The van der Waals surface area contributed by atoms with Crippen molar-refractivity contribution in [3.63, 3.8) is 0 Å². The summed E-state index contributed by atoms with van der Waals surface area (Å²) in [5, 5.41) is 35.3. The number of hydrogen-bond donors (Lipinski definition) is 4. The molecule has 0 spiro atoms. The zero-order chi connectivity index (χ0) is 18.6. The van der Waals surface area contributed by atoms with Crippen LogP contribution in [0.25, 0.3) is 0 Å². The number of hydrogen-bond acceptors (Lipinski definition) is 4. The summed E-state index contributed by atoms with van der Waals surface area (Å²) in [6.45, 7) is 0. The number of halogens is 4. The molecule has 0 aliphatic heterocycles. The van der Waals surface area contributed by atoms with Crippen molar-refractivity contribution in [2.75, 3.05) is 0 Å². The van der Waals surface area contributed by atoms with Gasteiger partial charge < -0.3 is 20.4 Å². The molecule has 24 heavy (non-hydrogen) atoms. The molecule has 0 saturated heterocycles. The van der Waals surface area contributed by atoms with Gasteiger partial charge in [-0.1, -0.05) is 46.4 Å². The number of benzene rings is 2. The molecular weight excluding hydrogens is 406 g/mol. The molecule has 0 unspecified atom stereocenters. The maximum absolute atomic E-state index is 10.5. The Hall–Kier alpha value is -1.86. The van der Waals surface area contributed by atoms with Gasteiger partial charge in [0.2, 0.25) is 0 Å². The van der Waals surface area contributed by atoms with Crippen molar-refractivity contribution >= 4 is 58.3 Å². The standard InChI is InChI=1S/2C7H4Cl2O3/c2*8-3-1-2-4(9)6(10)5(3)7(11)12/h2*1-2,10H,(H,11,12). The number of phenols is 2. The summed E-state index contributed by atoms with van der Waals surface area (Å²) in [5.74, 6) is -3.62. The summed E-state index contributed by atoms with van der Waals surface area (Å²) < 4.78 is 0. The second-order valence-corrected chi connectivity index (χ2v) is 5.74. The van der Waals surface area contributed by atoms with Gasteiger partial charge in [0.15, 0.2) is 0 Å². The second-order valence-electron chi connectivity index (χ2n) is 4.12. The molecule has 0 aliphatic rings. The SMILES string of the molecule is O=C(O)c1c(Cl)ccc(Cl)c1O.O=C(O)c1c(Cl)ccc(Cl)c1O. The molecule has 6 nitrogen and oxygen atoms in total. The molecule has 0 bridgehead atoms. The van der Waals surface area contributed by atoms with E-state index in [4.69, 9.17) is 66.8 Å². The van der Waals surface area contributed by atoms with Crippen LogP contribution in [0.2, 0.25) is 20.1 Å². The quantitative estimate of drug-likeness (QED) is 0.562. The summed E-state index contributed by atoms with van der Waals surface area (Å²) in [5.41, 5.74) is -0.742. The Morgan fingerprint density at radius 2 is 0.875 bits per heavy atom. The Bertz CT molecular complexity index is 739. The number of rotatable bonds is 2. The minimum absolute atomic E-state index is 0.0307. The van der Waals surface area contributed by atoms with E-state index in [0.717, 1.165) is 0 Å². The number of carbonyl (C=O) groups is 2. The molecule has 0 fully saturated rings. The molecule has 128 valence electrons. The van der Waals surface area contributed by atoms with Crippen LogP contribution in [-0.2, 0) is 0 Å². The van der Waals surface area contributed by atoms with E-state index in [1.54, 1.807) is 0 Å². The van der Waals surface area contributed by atoms with E-state index in [1.807, 2.05) is 0 Å². The van der Waals surface area contributed by atoms with Crippen LogP contribution in [0, 0.1) is 0 Å². The van der Waals surface area contributed by atoms with E-state index >= 15 is 0 Å². The normalized spacial score (nSPS) is 9.83. The van der Waals surface area contributed by atoms with Gasteiger partial charge in [-0.15, -0.1) is 0 Å². The number of carboxylic acids is 2. The lowest BCUT2D eigenvalue weighted by Gasteiger charge is -2.02. The van der Waals surface area contributed by atoms with Crippen molar-refractivity contribution in [3.05, 3.63) is 55.5 Å². The Balaban J connectivity index is 0.000000240. The zero-order valence-corrected chi connectivity index (χ0v) is 14.5. The Kier molecular flexibility index (Phi) is 6.98. The van der Waals surface area contributed by atoms with Crippen LogP contribution in [0.1, 0.15) is 20.7 Å². The van der Waals surface area contributed by atoms with Crippen LogP contribution < -0.4 is 0 Å². The van der Waals surface area contributed by atoms with Gasteiger partial charge in [-0.25, -0.2) is 9.59 Å². The molecule has 2 aromatic carbocycles. The average Bonchev–Trinajstić information content (AvgIpc) is 2.48. The van der Waals surface area contributed by atoms with Gasteiger partial charge in [0, 0.05) is 0 Å². The Morgan fingerprint density at radius 1 is 0.625 bits per heavy atom. The van der Waals surface area contributed by atoms with Crippen molar-refractivity contribution < 1.29 is 30.0 Å². The fourth-order valence-corrected chi connectivity index (χ4v) is 2.27. The summed E-state index contributed by atoms with van der Waals surface area (Å²) in [4.78, 5) is 21.0. The van der Waals surface area contributed by atoms with E-state index in [1.165, 1.54) is 24.3 Å². The van der Waals surface area contributed by atoms with E-state index in [2.05, 4.69) is 0 Å². The minimum atomic E-state index is -1.31. The molecule has 0 heterocycles. The van der Waals surface area contributed by atoms with Gasteiger partial charge in [0.05, 0.1) is 20.1 Å². The third-order valence-electron chi connectivity index (χ3n) is 2.58. The van der Waals surface area contributed by atoms with Crippen molar-refractivity contribution in [1.29, 1.82) is 0 Å². The first-order valence-corrected chi connectivity index (χ1v) is 7.39. The lowest BCUT2D eigenvalue weighted by molar-refractivity contribution is 0.0682. The first-order valence-electron chi connectivity index (χ1n) is 5.88. The van der Waals surface area contributed by atoms with Gasteiger partial charge in [-0.3, -0.25) is 0 Å². The topological polar surface area (TPSA) is 115 Å². The number of aromatic hydroxyl groups is 2. The van der Waals surface area contributed by atoms with Gasteiger partial charge in [0.25, 0.3) is 0 Å². The third-order valence-corrected chi connectivity index (χ3v) is 3.82. The molecule has 0 aliphatic carbocycles. The molecule has 0 amide bonds. The molecule has 0 aromatic heterocycles. The maximum atomic E-state index is 10.5. The molecule has 0 atom stereocenters. The summed E-state index contributed by atoms with van der Waals surface area (Å²) in [7, 11) is 0. The van der Waals surface area contributed by atoms with E-state index in [9.17, 15) is 9.59 Å². The average molecular weight is 414 g/mol. The highest BCUT2D eigenvalue weighted by Crippen LogP contribution is 2.33. The van der Waals surface area contributed by atoms with Crippen molar-refractivity contribution in [2.45, 2.75) is 0 Å². The molecular formula is C14H8Cl4O6. The van der Waals surface area contributed by atoms with E-state index in [0.29, 0.717) is 0 Å². The van der Waals surface area contributed by atoms with E-state index < -0.39 is 23.4 Å². The maximum Gasteiger partial charge on any atom is 0.341 e. The first-order chi connectivity index (χ1) is 11.1. The number of carboxylic acid groups (broad SMARTS) is 2. The van der Waals surface area contributed by atoms with Gasteiger partial charge in [-0.2, -0.15) is 0 Å². The van der Waals surface area contributed by atoms with Crippen molar-refractivity contribution in [1.82, 2.24) is 0 Å². The predicted octanol–water partition coefficient (Wildman–Crippen LogP) is 4.79. The summed E-state index contributed by atoms with van der Waals surface area (Å²) in [6, 6.07) is 5.28. The first kappa shape index (κ1) is 20.2. The molecule has 2 rings (SSSR count). The van der Waals surface area contributed by atoms with Gasteiger partial charge in [0.1, 0.15) is 22.6 Å². The Morgan fingerprint density at radius 3 is 1.08 bits per heavy atom.